The number of hydrogen-bond donors (Lipinski definition) is 0. The zero-order chi connectivity index (χ0) is 17.1. The number of rotatable bonds is 4. The van der Waals surface area contributed by atoms with Gasteiger partial charge >= 0.3 is 0 Å². The topological polar surface area (TPSA) is 0 Å². The fraction of sp³-hybridized carbons (Fsp3) is 0.167. The van der Waals surface area contributed by atoms with Crippen molar-refractivity contribution in [3.05, 3.63) is 120 Å². The van der Waals surface area contributed by atoms with Crippen molar-refractivity contribution in [3.63, 3.8) is 0 Å². The van der Waals surface area contributed by atoms with Crippen LogP contribution in [0.4, 0.5) is 0 Å². The molecular formula is C24H21Br. The minimum Gasteiger partial charge on any atom is -0.0838 e. The van der Waals surface area contributed by atoms with E-state index in [4.69, 9.17) is 0 Å². The Morgan fingerprint density at radius 2 is 1.08 bits per heavy atom. The molecule has 0 fully saturated rings. The van der Waals surface area contributed by atoms with Gasteiger partial charge in [0.05, 0.1) is 0 Å². The van der Waals surface area contributed by atoms with Crippen molar-refractivity contribution in [1.82, 2.24) is 0 Å². The van der Waals surface area contributed by atoms with Crippen molar-refractivity contribution < 1.29 is 0 Å². The van der Waals surface area contributed by atoms with Gasteiger partial charge in [-0.25, -0.2) is 0 Å². The molecule has 2 aliphatic rings. The maximum Gasteiger partial charge on any atom is 0.0403 e. The molecule has 0 amide bonds. The Morgan fingerprint density at radius 1 is 0.600 bits per heavy atom. The molecule has 0 heterocycles. The quantitative estimate of drug-likeness (QED) is 0.545. The van der Waals surface area contributed by atoms with Crippen LogP contribution >= 0.6 is 15.9 Å². The van der Waals surface area contributed by atoms with E-state index in [0.29, 0.717) is 16.7 Å². The van der Waals surface area contributed by atoms with Gasteiger partial charge in [0.2, 0.25) is 0 Å². The molecule has 2 unspecified atom stereocenters. The Balaban J connectivity index is 2.01. The van der Waals surface area contributed by atoms with Crippen LogP contribution in [0.2, 0.25) is 0 Å². The molecule has 0 bridgehead atoms. The van der Waals surface area contributed by atoms with E-state index in [1.165, 1.54) is 11.1 Å². The molecule has 2 atom stereocenters. The third-order valence-corrected chi connectivity index (χ3v) is 6.24. The van der Waals surface area contributed by atoms with Gasteiger partial charge in [0, 0.05) is 22.1 Å². The summed E-state index contributed by atoms with van der Waals surface area (Å²) in [5.41, 5.74) is 2.56. The summed E-state index contributed by atoms with van der Waals surface area (Å²) in [6, 6.07) is 21.9. The van der Waals surface area contributed by atoms with Gasteiger partial charge in [-0.3, -0.25) is 0 Å². The van der Waals surface area contributed by atoms with E-state index in [1.54, 1.807) is 0 Å². The lowest BCUT2D eigenvalue weighted by Gasteiger charge is -2.46. The number of allylic oxidation sites excluding steroid dienone is 8. The highest BCUT2D eigenvalue weighted by atomic mass is 79.9. The molecule has 0 radical (unpaired) electrons. The summed E-state index contributed by atoms with van der Waals surface area (Å²) in [7, 11) is 0. The molecular weight excluding hydrogens is 368 g/mol. The van der Waals surface area contributed by atoms with Crippen LogP contribution in [0.5, 0.6) is 0 Å². The molecule has 0 aliphatic heterocycles. The maximum atomic E-state index is 3.95. The molecule has 2 aromatic rings. The van der Waals surface area contributed by atoms with Crippen LogP contribution in [-0.4, -0.2) is 4.83 Å². The third-order valence-electron chi connectivity index (χ3n) is 5.37. The average Bonchev–Trinajstić information content (AvgIpc) is 3.21. The summed E-state index contributed by atoms with van der Waals surface area (Å²) in [6.07, 6.45) is 18.0. The normalized spacial score (nSPS) is 22.6. The summed E-state index contributed by atoms with van der Waals surface area (Å²) >= 11 is 3.95. The molecule has 0 aromatic heterocycles. The molecule has 0 saturated carbocycles. The lowest BCUT2D eigenvalue weighted by atomic mass is 9.57. The fourth-order valence-electron chi connectivity index (χ4n) is 4.30. The first-order chi connectivity index (χ1) is 12.3. The predicted molar refractivity (Wildman–Crippen MR) is 110 cm³/mol. The zero-order valence-corrected chi connectivity index (χ0v) is 15.6. The van der Waals surface area contributed by atoms with Crippen LogP contribution in [-0.2, 0) is 5.41 Å². The predicted octanol–water partition coefficient (Wildman–Crippen LogP) is 6.22. The van der Waals surface area contributed by atoms with Crippen molar-refractivity contribution >= 4 is 15.9 Å². The summed E-state index contributed by atoms with van der Waals surface area (Å²) in [6.45, 7) is 0. The summed E-state index contributed by atoms with van der Waals surface area (Å²) < 4.78 is 0. The Bertz CT molecular complexity index is 775. The molecule has 25 heavy (non-hydrogen) atoms. The molecule has 2 aliphatic carbocycles. The van der Waals surface area contributed by atoms with Crippen LogP contribution in [0, 0.1) is 11.8 Å². The highest BCUT2D eigenvalue weighted by molar-refractivity contribution is 9.09. The smallest absolute Gasteiger partial charge is 0.0403 e. The van der Waals surface area contributed by atoms with Crippen LogP contribution in [0.3, 0.4) is 0 Å². The van der Waals surface area contributed by atoms with Crippen molar-refractivity contribution in [2.75, 3.05) is 0 Å². The van der Waals surface area contributed by atoms with Gasteiger partial charge in [0.1, 0.15) is 0 Å². The minimum absolute atomic E-state index is 0.151. The number of hydrogen-bond acceptors (Lipinski definition) is 0. The van der Waals surface area contributed by atoms with E-state index in [-0.39, 0.29) is 5.41 Å². The maximum absolute atomic E-state index is 3.95. The number of alkyl halides is 1. The highest BCUT2D eigenvalue weighted by Crippen LogP contribution is 2.51. The lowest BCUT2D eigenvalue weighted by molar-refractivity contribution is 0.337. The van der Waals surface area contributed by atoms with Crippen molar-refractivity contribution in [2.24, 2.45) is 11.8 Å². The second-order valence-electron chi connectivity index (χ2n) is 6.64. The van der Waals surface area contributed by atoms with Gasteiger partial charge in [-0.2, -0.15) is 0 Å². The molecule has 0 nitrogen and oxygen atoms in total. The molecule has 0 spiro atoms. The van der Waals surface area contributed by atoms with Crippen LogP contribution in [0.15, 0.2) is 109 Å². The monoisotopic (exact) mass is 388 g/mol. The molecule has 1 heteroatoms. The Hall–Kier alpha value is -2.12. The largest absolute Gasteiger partial charge is 0.0838 e. The van der Waals surface area contributed by atoms with Gasteiger partial charge in [-0.15, -0.1) is 0 Å². The van der Waals surface area contributed by atoms with E-state index in [2.05, 4.69) is 125 Å². The first-order valence-corrected chi connectivity index (χ1v) is 9.70. The van der Waals surface area contributed by atoms with Gasteiger partial charge < -0.3 is 0 Å². The molecule has 4 rings (SSSR count). The minimum atomic E-state index is -0.151. The van der Waals surface area contributed by atoms with E-state index in [1.807, 2.05) is 0 Å². The summed E-state index contributed by atoms with van der Waals surface area (Å²) in [5.74, 6) is 0.637. The SMILES string of the molecule is BrC1C=CC=CC1C(c1ccccc1)(c1ccccc1)C1C=CC=C1. The first-order valence-electron chi connectivity index (χ1n) is 8.78. The van der Waals surface area contributed by atoms with E-state index < -0.39 is 0 Å². The highest BCUT2D eigenvalue weighted by Gasteiger charge is 2.48. The molecule has 0 saturated heterocycles. The Morgan fingerprint density at radius 3 is 1.60 bits per heavy atom. The van der Waals surface area contributed by atoms with Gasteiger partial charge in [-0.05, 0) is 11.1 Å². The first kappa shape index (κ1) is 16.4. The van der Waals surface area contributed by atoms with Crippen molar-refractivity contribution in [3.8, 4) is 0 Å². The second kappa shape index (κ2) is 7.01. The van der Waals surface area contributed by atoms with Gasteiger partial charge in [0.15, 0.2) is 0 Å². The van der Waals surface area contributed by atoms with E-state index in [9.17, 15) is 0 Å². The number of benzene rings is 2. The standard InChI is InChI=1S/C24H21Br/c25-23-18-10-9-17-22(23)24(21-15-7-8-16-21,19-11-3-1-4-12-19)20-13-5-2-6-14-20/h1-18,21-23H. The molecule has 124 valence electrons. The number of halogens is 1. The Kier molecular flexibility index (Phi) is 4.59. The lowest BCUT2D eigenvalue weighted by Crippen LogP contribution is -2.45. The third kappa shape index (κ3) is 2.77. The summed E-state index contributed by atoms with van der Waals surface area (Å²) in [4.78, 5) is 0.292. The summed E-state index contributed by atoms with van der Waals surface area (Å²) in [5, 5.41) is 0. The molecule has 2 aromatic carbocycles. The van der Waals surface area contributed by atoms with Gasteiger partial charge in [-0.1, -0.05) is 125 Å². The average molecular weight is 389 g/mol. The van der Waals surface area contributed by atoms with E-state index >= 15 is 0 Å². The van der Waals surface area contributed by atoms with Crippen LogP contribution in [0.25, 0.3) is 0 Å². The van der Waals surface area contributed by atoms with Gasteiger partial charge in [0.25, 0.3) is 0 Å². The Labute approximate surface area is 158 Å². The van der Waals surface area contributed by atoms with Crippen molar-refractivity contribution in [1.29, 1.82) is 0 Å². The van der Waals surface area contributed by atoms with Crippen LogP contribution < -0.4 is 0 Å². The van der Waals surface area contributed by atoms with E-state index in [0.717, 1.165) is 0 Å². The van der Waals surface area contributed by atoms with Crippen molar-refractivity contribution in [2.45, 2.75) is 10.2 Å². The molecule has 0 N–H and O–H groups in total. The van der Waals surface area contributed by atoms with Crippen LogP contribution in [0.1, 0.15) is 11.1 Å². The fourth-order valence-corrected chi connectivity index (χ4v) is 5.07. The second-order valence-corrected chi connectivity index (χ2v) is 7.69. The zero-order valence-electron chi connectivity index (χ0n) is 14.0.